The lowest BCUT2D eigenvalue weighted by Crippen LogP contribution is -2.46. The van der Waals surface area contributed by atoms with Gasteiger partial charge in [0.25, 0.3) is 0 Å². The molecule has 0 spiro atoms. The van der Waals surface area contributed by atoms with Crippen molar-refractivity contribution in [1.29, 1.82) is 5.26 Å². The van der Waals surface area contributed by atoms with Crippen LogP contribution in [0.1, 0.15) is 62.5 Å². The first-order chi connectivity index (χ1) is 22.0. The number of nitrogens with one attached hydrogen (secondary N) is 2. The summed E-state index contributed by atoms with van der Waals surface area (Å²) in [6, 6.07) is 17.3. The van der Waals surface area contributed by atoms with E-state index in [4.69, 9.17) is 34.8 Å². The average molecular weight is 678 g/mol. The third-order valence-corrected chi connectivity index (χ3v) is 9.13. The van der Waals surface area contributed by atoms with Crippen LogP contribution in [-0.4, -0.2) is 43.5 Å². The Hall–Kier alpha value is -3.94. The zero-order valence-electron chi connectivity index (χ0n) is 25.5. The van der Waals surface area contributed by atoms with Gasteiger partial charge in [-0.1, -0.05) is 52.1 Å². The monoisotopic (exact) mass is 676 g/mol. The van der Waals surface area contributed by atoms with Crippen molar-refractivity contribution >= 4 is 62.8 Å². The molecule has 12 heteroatoms. The highest BCUT2D eigenvalue weighted by atomic mass is 35.5. The summed E-state index contributed by atoms with van der Waals surface area (Å²) >= 11 is 19.2. The predicted molar refractivity (Wildman–Crippen MR) is 183 cm³/mol. The molecule has 0 unspecified atom stereocenters. The largest absolute Gasteiger partial charge is 0.373 e. The van der Waals surface area contributed by atoms with E-state index in [9.17, 15) is 9.65 Å². The molecule has 2 aromatic heterocycles. The Kier molecular flexibility index (Phi) is 9.08. The number of pyridine rings is 1. The summed E-state index contributed by atoms with van der Waals surface area (Å²) in [7, 11) is 0. The highest BCUT2D eigenvalue weighted by Crippen LogP contribution is 2.38. The first-order valence-electron chi connectivity index (χ1n) is 14.9. The summed E-state index contributed by atoms with van der Waals surface area (Å²) in [5.74, 6) is -0.520. The van der Waals surface area contributed by atoms with Crippen molar-refractivity contribution in [1.82, 2.24) is 24.9 Å². The summed E-state index contributed by atoms with van der Waals surface area (Å²) in [6.07, 6.45) is 5.37. The Balaban J connectivity index is 1.37. The molecule has 0 aliphatic carbocycles. The average Bonchev–Trinajstić information content (AvgIpc) is 3.52. The molecule has 3 aromatic carbocycles. The molecular formula is C34H32Cl3FN8. The Labute approximate surface area is 282 Å². The van der Waals surface area contributed by atoms with Crippen LogP contribution in [0.5, 0.6) is 0 Å². The van der Waals surface area contributed by atoms with Gasteiger partial charge in [0.1, 0.15) is 17.6 Å². The van der Waals surface area contributed by atoms with Gasteiger partial charge in [-0.25, -0.2) is 9.07 Å². The van der Waals surface area contributed by atoms with Gasteiger partial charge in [-0.3, -0.25) is 9.88 Å². The maximum atomic E-state index is 14.7. The molecule has 1 aliphatic rings. The van der Waals surface area contributed by atoms with Gasteiger partial charge in [-0.05, 0) is 81.6 Å². The van der Waals surface area contributed by atoms with Gasteiger partial charge in [0.15, 0.2) is 0 Å². The van der Waals surface area contributed by atoms with E-state index in [1.807, 2.05) is 41.2 Å². The second-order valence-electron chi connectivity index (χ2n) is 12.4. The van der Waals surface area contributed by atoms with E-state index in [1.54, 1.807) is 6.07 Å². The Morgan fingerprint density at radius 1 is 1.00 bits per heavy atom. The maximum absolute atomic E-state index is 14.7. The van der Waals surface area contributed by atoms with E-state index in [-0.39, 0.29) is 22.8 Å². The van der Waals surface area contributed by atoms with E-state index in [0.29, 0.717) is 37.3 Å². The normalized spacial score (nSPS) is 15.1. The number of rotatable bonds is 7. The van der Waals surface area contributed by atoms with Crippen molar-refractivity contribution in [3.8, 4) is 6.07 Å². The Morgan fingerprint density at radius 3 is 2.41 bits per heavy atom. The van der Waals surface area contributed by atoms with Gasteiger partial charge < -0.3 is 10.6 Å². The molecule has 1 fully saturated rings. The molecule has 0 saturated carbocycles. The fraction of sp³-hybridized carbons (Fsp3) is 0.294. The van der Waals surface area contributed by atoms with Gasteiger partial charge in [-0.2, -0.15) is 5.26 Å². The Bertz CT molecular complexity index is 1920. The minimum absolute atomic E-state index is 0.120. The molecule has 46 heavy (non-hydrogen) atoms. The molecule has 0 amide bonds. The van der Waals surface area contributed by atoms with Crippen LogP contribution in [-0.2, 0) is 0 Å². The van der Waals surface area contributed by atoms with Gasteiger partial charge >= 0.3 is 0 Å². The molecule has 2 N–H and O–H groups in total. The minimum Gasteiger partial charge on any atom is -0.373 e. The van der Waals surface area contributed by atoms with Crippen LogP contribution in [0.15, 0.2) is 67.0 Å². The molecule has 0 radical (unpaired) electrons. The number of fused-ring (bicyclic) bond motifs is 1. The van der Waals surface area contributed by atoms with Crippen molar-refractivity contribution in [3.63, 3.8) is 0 Å². The molecule has 5 aromatic rings. The first kappa shape index (κ1) is 32.0. The second-order valence-corrected chi connectivity index (χ2v) is 13.7. The number of anilines is 3. The van der Waals surface area contributed by atoms with Crippen LogP contribution in [0.3, 0.4) is 0 Å². The summed E-state index contributed by atoms with van der Waals surface area (Å²) in [5, 5.41) is 27.5. The molecule has 6 rings (SSSR count). The van der Waals surface area contributed by atoms with Crippen LogP contribution in [0.25, 0.3) is 10.9 Å². The maximum Gasteiger partial charge on any atom is 0.146 e. The molecule has 1 aliphatic heterocycles. The number of nitrogens with zero attached hydrogens (tertiary/aromatic N) is 6. The quantitative estimate of drug-likeness (QED) is 0.177. The Morgan fingerprint density at radius 2 is 1.72 bits per heavy atom. The summed E-state index contributed by atoms with van der Waals surface area (Å²) in [4.78, 5) is 6.93. The van der Waals surface area contributed by atoms with Crippen LogP contribution >= 0.6 is 34.8 Å². The van der Waals surface area contributed by atoms with E-state index in [1.165, 1.54) is 24.4 Å². The van der Waals surface area contributed by atoms with E-state index >= 15 is 0 Å². The lowest BCUT2D eigenvalue weighted by Gasteiger charge is -2.40. The molecule has 8 nitrogen and oxygen atoms in total. The van der Waals surface area contributed by atoms with Crippen molar-refractivity contribution in [3.05, 3.63) is 105 Å². The van der Waals surface area contributed by atoms with Crippen LogP contribution in [0.2, 0.25) is 15.1 Å². The van der Waals surface area contributed by atoms with Gasteiger partial charge in [0.05, 0.1) is 45.8 Å². The number of likely N-dealkylation sites (tertiary alicyclic amines) is 1. The minimum atomic E-state index is -0.520. The molecular weight excluding hydrogens is 646 g/mol. The third kappa shape index (κ3) is 6.76. The zero-order chi connectivity index (χ0) is 32.6. The lowest BCUT2D eigenvalue weighted by molar-refractivity contribution is 0.0866. The van der Waals surface area contributed by atoms with Crippen LogP contribution < -0.4 is 10.6 Å². The van der Waals surface area contributed by atoms with E-state index in [0.717, 1.165) is 37.2 Å². The fourth-order valence-corrected chi connectivity index (χ4v) is 6.41. The van der Waals surface area contributed by atoms with Gasteiger partial charge in [0, 0.05) is 45.9 Å². The van der Waals surface area contributed by atoms with Crippen molar-refractivity contribution in [2.45, 2.75) is 51.2 Å². The van der Waals surface area contributed by atoms with Crippen molar-refractivity contribution < 1.29 is 4.39 Å². The van der Waals surface area contributed by atoms with E-state index < -0.39 is 11.9 Å². The van der Waals surface area contributed by atoms with Crippen LogP contribution in [0.4, 0.5) is 21.5 Å². The van der Waals surface area contributed by atoms with Crippen LogP contribution in [0, 0.1) is 17.1 Å². The number of aromatic nitrogens is 4. The van der Waals surface area contributed by atoms with Gasteiger partial charge in [-0.15, -0.1) is 5.10 Å². The summed E-state index contributed by atoms with van der Waals surface area (Å²) < 4.78 is 16.7. The predicted octanol–water partition coefficient (Wildman–Crippen LogP) is 9.18. The number of piperidine rings is 1. The fourth-order valence-electron chi connectivity index (χ4n) is 5.84. The van der Waals surface area contributed by atoms with Crippen molar-refractivity contribution in [2.24, 2.45) is 0 Å². The number of halogens is 4. The number of benzene rings is 3. The molecule has 3 heterocycles. The van der Waals surface area contributed by atoms with E-state index in [2.05, 4.69) is 57.7 Å². The van der Waals surface area contributed by atoms with Gasteiger partial charge in [0.2, 0.25) is 0 Å². The summed E-state index contributed by atoms with van der Waals surface area (Å²) in [6.45, 7) is 8.72. The number of hydrogen-bond acceptors (Lipinski definition) is 7. The number of hydrogen-bond donors (Lipinski definition) is 2. The third-order valence-electron chi connectivity index (χ3n) is 8.36. The standard InChI is InChI=1S/C34H32Cl3FN8/c1-34(2,3)45-12-10-25(11-13-45)46-19-30(43-44-46)32(20-4-6-22(35)7-5-20)41-24-15-26-31(42-29-14-23(36)8-9-28(29)38)21(17-39)18-40-33(26)27(37)16-24/h4-9,14-16,18-19,25,32,41H,10-13H2,1-3H3,(H,40,42)/t32-/m0/s1. The zero-order valence-corrected chi connectivity index (χ0v) is 27.8. The molecule has 1 atom stereocenters. The molecule has 1 saturated heterocycles. The second kappa shape index (κ2) is 13.0. The summed E-state index contributed by atoms with van der Waals surface area (Å²) in [5.41, 5.74) is 3.55. The molecule has 236 valence electrons. The lowest BCUT2D eigenvalue weighted by atomic mass is 9.98. The highest BCUT2D eigenvalue weighted by Gasteiger charge is 2.29. The topological polar surface area (TPSA) is 94.7 Å². The van der Waals surface area contributed by atoms with Crippen molar-refractivity contribution in [2.75, 3.05) is 23.7 Å². The smallest absolute Gasteiger partial charge is 0.146 e. The SMILES string of the molecule is CC(C)(C)N1CCC(n2cc([C@@H](Nc3cc(Cl)c4ncc(C#N)c(Nc5cc(Cl)ccc5F)c4c3)c3ccc(Cl)cc3)nn2)CC1. The first-order valence-corrected chi connectivity index (χ1v) is 16.1. The number of nitriles is 1. The molecule has 0 bridgehead atoms. The highest BCUT2D eigenvalue weighted by molar-refractivity contribution is 6.36.